The van der Waals surface area contributed by atoms with Crippen LogP contribution < -0.4 is 10.2 Å². The van der Waals surface area contributed by atoms with Gasteiger partial charge < -0.3 is 15.2 Å². The number of anilines is 1. The third-order valence-corrected chi connectivity index (χ3v) is 6.71. The van der Waals surface area contributed by atoms with Gasteiger partial charge in [-0.15, -0.1) is 0 Å². The lowest BCUT2D eigenvalue weighted by Gasteiger charge is -2.24. The molecule has 4 nitrogen and oxygen atoms in total. The van der Waals surface area contributed by atoms with Gasteiger partial charge in [0.05, 0.1) is 12.1 Å². The van der Waals surface area contributed by atoms with E-state index in [0.717, 1.165) is 40.4 Å². The van der Waals surface area contributed by atoms with Gasteiger partial charge in [-0.1, -0.05) is 44.2 Å². The van der Waals surface area contributed by atoms with E-state index < -0.39 is 23.1 Å². The van der Waals surface area contributed by atoms with Gasteiger partial charge in [0.2, 0.25) is 0 Å². The zero-order valence-corrected chi connectivity index (χ0v) is 19.8. The van der Waals surface area contributed by atoms with E-state index >= 15 is 0 Å². The average molecular weight is 496 g/mol. The molecule has 0 atom stereocenters. The SMILES string of the molecule is CC1(C)CN(Cc2c(F)cccc2C(F)(F)F)c2cc(C(=O)NCc3cc4ccccc4[nH]3)ccc21. The van der Waals surface area contributed by atoms with E-state index in [1.165, 1.54) is 0 Å². The number of carbonyl (C=O) groups excluding carboxylic acids is 1. The van der Waals surface area contributed by atoms with Crippen molar-refractivity contribution in [1.82, 2.24) is 10.3 Å². The number of para-hydroxylation sites is 1. The molecule has 2 N–H and O–H groups in total. The van der Waals surface area contributed by atoms with Crippen molar-refractivity contribution in [2.75, 3.05) is 11.4 Å². The van der Waals surface area contributed by atoms with Crippen LogP contribution in [-0.2, 0) is 24.7 Å². The number of fused-ring (bicyclic) bond motifs is 2. The van der Waals surface area contributed by atoms with Gasteiger partial charge in [-0.3, -0.25) is 4.79 Å². The van der Waals surface area contributed by atoms with Crippen LogP contribution in [0.5, 0.6) is 0 Å². The molecule has 0 saturated carbocycles. The highest BCUT2D eigenvalue weighted by atomic mass is 19.4. The summed E-state index contributed by atoms with van der Waals surface area (Å²) in [6.45, 7) is 4.40. The lowest BCUT2D eigenvalue weighted by Crippen LogP contribution is -2.29. The maximum atomic E-state index is 14.6. The molecule has 8 heteroatoms. The minimum Gasteiger partial charge on any atom is -0.366 e. The summed E-state index contributed by atoms with van der Waals surface area (Å²) in [5.74, 6) is -1.20. The van der Waals surface area contributed by atoms with Crippen LogP contribution in [0.25, 0.3) is 10.9 Å². The monoisotopic (exact) mass is 495 g/mol. The Morgan fingerprint density at radius 3 is 2.58 bits per heavy atom. The standard InChI is InChI=1S/C28H25F4N3O/c1-27(2)16-35(15-20-21(28(30,31)32)7-5-8-23(20)29)25-13-18(10-11-22(25)27)26(36)33-14-19-12-17-6-3-4-9-24(17)34-19/h3-13,34H,14-16H2,1-2H3,(H,33,36). The van der Waals surface area contributed by atoms with Crippen molar-refractivity contribution in [1.29, 1.82) is 0 Å². The van der Waals surface area contributed by atoms with Gasteiger partial charge in [-0.05, 0) is 47.3 Å². The smallest absolute Gasteiger partial charge is 0.366 e. The normalized spacial score (nSPS) is 14.8. The first-order chi connectivity index (χ1) is 17.0. The molecule has 5 rings (SSSR count). The Bertz CT molecular complexity index is 1420. The second-order valence-electron chi connectivity index (χ2n) is 9.80. The fraction of sp³-hybridized carbons (Fsp3) is 0.250. The minimum atomic E-state index is -4.67. The minimum absolute atomic E-state index is 0.252. The fourth-order valence-electron chi connectivity index (χ4n) is 4.98. The number of alkyl halides is 3. The average Bonchev–Trinajstić information content (AvgIpc) is 3.35. The lowest BCUT2D eigenvalue weighted by molar-refractivity contribution is -0.138. The molecule has 1 aromatic heterocycles. The number of amides is 1. The van der Waals surface area contributed by atoms with Crippen LogP contribution in [0.15, 0.2) is 66.7 Å². The van der Waals surface area contributed by atoms with Crippen LogP contribution in [-0.4, -0.2) is 17.4 Å². The van der Waals surface area contributed by atoms with E-state index in [9.17, 15) is 22.4 Å². The molecule has 186 valence electrons. The highest BCUT2D eigenvalue weighted by Crippen LogP contribution is 2.43. The molecule has 1 amide bonds. The molecule has 2 heterocycles. The Morgan fingerprint density at radius 2 is 1.83 bits per heavy atom. The summed E-state index contributed by atoms with van der Waals surface area (Å²) in [7, 11) is 0. The number of hydrogen-bond donors (Lipinski definition) is 2. The number of nitrogens with one attached hydrogen (secondary N) is 2. The second-order valence-corrected chi connectivity index (χ2v) is 9.80. The number of hydrogen-bond acceptors (Lipinski definition) is 2. The van der Waals surface area contributed by atoms with Crippen molar-refractivity contribution in [3.63, 3.8) is 0 Å². The molecule has 36 heavy (non-hydrogen) atoms. The fourth-order valence-corrected chi connectivity index (χ4v) is 4.98. The molecule has 4 aromatic rings. The molecule has 1 aliphatic heterocycles. The largest absolute Gasteiger partial charge is 0.416 e. The Kier molecular flexibility index (Phi) is 5.77. The number of benzene rings is 3. The van der Waals surface area contributed by atoms with Crippen molar-refractivity contribution in [3.8, 4) is 0 Å². The van der Waals surface area contributed by atoms with Crippen molar-refractivity contribution in [3.05, 3.63) is 100 Å². The zero-order chi connectivity index (χ0) is 25.7. The summed E-state index contributed by atoms with van der Waals surface area (Å²) >= 11 is 0. The third-order valence-electron chi connectivity index (χ3n) is 6.71. The Hall–Kier alpha value is -3.81. The highest BCUT2D eigenvalue weighted by Gasteiger charge is 2.39. The predicted octanol–water partition coefficient (Wildman–Crippen LogP) is 6.55. The molecule has 0 fully saturated rings. The van der Waals surface area contributed by atoms with E-state index in [2.05, 4.69) is 10.3 Å². The first-order valence-electron chi connectivity index (χ1n) is 11.6. The van der Waals surface area contributed by atoms with E-state index in [1.807, 2.05) is 50.2 Å². The summed E-state index contributed by atoms with van der Waals surface area (Å²) in [6, 6.07) is 18.0. The van der Waals surface area contributed by atoms with Crippen LogP contribution in [0.3, 0.4) is 0 Å². The topological polar surface area (TPSA) is 48.1 Å². The zero-order valence-electron chi connectivity index (χ0n) is 19.8. The quantitative estimate of drug-likeness (QED) is 0.308. The molecular weight excluding hydrogens is 470 g/mol. The van der Waals surface area contributed by atoms with Crippen LogP contribution in [0.2, 0.25) is 0 Å². The van der Waals surface area contributed by atoms with Crippen molar-refractivity contribution >= 4 is 22.5 Å². The van der Waals surface area contributed by atoms with Crippen molar-refractivity contribution in [2.45, 2.75) is 38.5 Å². The number of aromatic amines is 1. The van der Waals surface area contributed by atoms with Crippen molar-refractivity contribution < 1.29 is 22.4 Å². The van der Waals surface area contributed by atoms with Gasteiger partial charge >= 0.3 is 6.18 Å². The summed E-state index contributed by atoms with van der Waals surface area (Å²) in [5, 5.41) is 3.94. The first kappa shape index (κ1) is 23.9. The maximum Gasteiger partial charge on any atom is 0.416 e. The third kappa shape index (κ3) is 4.43. The highest BCUT2D eigenvalue weighted by molar-refractivity contribution is 5.95. The van der Waals surface area contributed by atoms with Gasteiger partial charge in [0, 0.05) is 46.5 Å². The molecule has 0 bridgehead atoms. The van der Waals surface area contributed by atoms with Gasteiger partial charge in [0.25, 0.3) is 5.91 Å². The molecule has 0 radical (unpaired) electrons. The maximum absolute atomic E-state index is 14.6. The predicted molar refractivity (Wildman–Crippen MR) is 131 cm³/mol. The number of H-pyrrole nitrogens is 1. The van der Waals surface area contributed by atoms with E-state index in [4.69, 9.17) is 0 Å². The summed E-state index contributed by atoms with van der Waals surface area (Å²) in [5.41, 5.74) is 1.99. The molecule has 3 aromatic carbocycles. The number of halogens is 4. The van der Waals surface area contributed by atoms with Gasteiger partial charge in [0.1, 0.15) is 5.82 Å². The van der Waals surface area contributed by atoms with E-state index in [1.54, 1.807) is 17.0 Å². The van der Waals surface area contributed by atoms with Crippen LogP contribution in [0, 0.1) is 5.82 Å². The summed E-state index contributed by atoms with van der Waals surface area (Å²) in [6.07, 6.45) is -4.67. The van der Waals surface area contributed by atoms with E-state index in [0.29, 0.717) is 24.3 Å². The van der Waals surface area contributed by atoms with Crippen molar-refractivity contribution in [2.24, 2.45) is 0 Å². The van der Waals surface area contributed by atoms with E-state index in [-0.39, 0.29) is 17.9 Å². The van der Waals surface area contributed by atoms with Crippen LogP contribution in [0.4, 0.5) is 23.2 Å². The number of carbonyl (C=O) groups is 1. The molecule has 0 unspecified atom stereocenters. The first-order valence-corrected chi connectivity index (χ1v) is 11.6. The van der Waals surface area contributed by atoms with Gasteiger partial charge in [0.15, 0.2) is 0 Å². The van der Waals surface area contributed by atoms with Gasteiger partial charge in [-0.2, -0.15) is 13.2 Å². The summed E-state index contributed by atoms with van der Waals surface area (Å²) in [4.78, 5) is 17.9. The van der Waals surface area contributed by atoms with Gasteiger partial charge in [-0.25, -0.2) is 4.39 Å². The Morgan fingerprint density at radius 1 is 1.06 bits per heavy atom. The van der Waals surface area contributed by atoms with Crippen LogP contribution >= 0.6 is 0 Å². The molecular formula is C28H25F4N3O. The Balaban J connectivity index is 1.40. The summed E-state index contributed by atoms with van der Waals surface area (Å²) < 4.78 is 55.3. The second kappa shape index (κ2) is 8.69. The van der Waals surface area contributed by atoms with Crippen LogP contribution in [0.1, 0.15) is 46.6 Å². The number of rotatable bonds is 5. The molecule has 0 spiro atoms. The Labute approximate surface area is 205 Å². The number of nitrogens with zero attached hydrogens (tertiary/aromatic N) is 1. The molecule has 1 aliphatic rings. The lowest BCUT2D eigenvalue weighted by atomic mass is 9.86. The molecule has 0 saturated heterocycles. The molecule has 0 aliphatic carbocycles. The number of aromatic nitrogens is 1.